The number of anilines is 1. The largest absolute Gasteiger partial charge is 0.366 e. The van der Waals surface area contributed by atoms with E-state index in [1.54, 1.807) is 12.1 Å². The molecule has 1 heterocycles. The molecule has 0 saturated carbocycles. The molecule has 0 aromatic heterocycles. The summed E-state index contributed by atoms with van der Waals surface area (Å²) in [4.78, 5) is 2.03. The van der Waals surface area contributed by atoms with Crippen LogP contribution < -0.4 is 10.2 Å². The van der Waals surface area contributed by atoms with Crippen molar-refractivity contribution in [3.63, 3.8) is 0 Å². The zero-order valence-corrected chi connectivity index (χ0v) is 11.0. The van der Waals surface area contributed by atoms with E-state index in [-0.39, 0.29) is 5.82 Å². The molecule has 2 rings (SSSR count). The standard InChI is InChI=1S/C13H18ClFN2/c1-9(2)16-10-6-7-17(8-10)13-11(14)4-3-5-12(13)15/h3-5,9-10,16H,6-8H2,1-2H3. The molecule has 1 aliphatic heterocycles. The molecule has 0 amide bonds. The number of benzene rings is 1. The van der Waals surface area contributed by atoms with E-state index < -0.39 is 0 Å². The van der Waals surface area contributed by atoms with Crippen LogP contribution in [0.25, 0.3) is 0 Å². The minimum absolute atomic E-state index is 0.234. The lowest BCUT2D eigenvalue weighted by molar-refractivity contribution is 0.491. The summed E-state index contributed by atoms with van der Waals surface area (Å²) in [5, 5.41) is 3.97. The summed E-state index contributed by atoms with van der Waals surface area (Å²) in [7, 11) is 0. The van der Waals surface area contributed by atoms with Crippen LogP contribution in [0.1, 0.15) is 20.3 Å². The monoisotopic (exact) mass is 256 g/mol. The maximum Gasteiger partial charge on any atom is 0.148 e. The van der Waals surface area contributed by atoms with E-state index in [2.05, 4.69) is 19.2 Å². The molecule has 0 bridgehead atoms. The van der Waals surface area contributed by atoms with Gasteiger partial charge < -0.3 is 10.2 Å². The summed E-state index contributed by atoms with van der Waals surface area (Å²) in [6.45, 7) is 5.92. The molecular weight excluding hydrogens is 239 g/mol. The fourth-order valence-corrected chi connectivity index (χ4v) is 2.64. The van der Waals surface area contributed by atoms with E-state index >= 15 is 0 Å². The number of halogens is 2. The smallest absolute Gasteiger partial charge is 0.148 e. The number of hydrogen-bond acceptors (Lipinski definition) is 2. The van der Waals surface area contributed by atoms with Gasteiger partial charge in [-0.3, -0.25) is 0 Å². The Kier molecular flexibility index (Phi) is 3.89. The van der Waals surface area contributed by atoms with Crippen molar-refractivity contribution in [1.82, 2.24) is 5.32 Å². The van der Waals surface area contributed by atoms with Gasteiger partial charge in [-0.1, -0.05) is 31.5 Å². The molecule has 1 aromatic rings. The van der Waals surface area contributed by atoms with Crippen LogP contribution in [-0.2, 0) is 0 Å². The average molecular weight is 257 g/mol. The minimum atomic E-state index is -0.234. The number of nitrogens with one attached hydrogen (secondary N) is 1. The van der Waals surface area contributed by atoms with Crippen molar-refractivity contribution in [3.8, 4) is 0 Å². The van der Waals surface area contributed by atoms with Crippen LogP contribution in [0, 0.1) is 5.82 Å². The fourth-order valence-electron chi connectivity index (χ4n) is 2.36. The van der Waals surface area contributed by atoms with E-state index in [1.807, 2.05) is 4.90 Å². The third kappa shape index (κ3) is 2.90. The molecule has 1 unspecified atom stereocenters. The maximum atomic E-state index is 13.7. The molecule has 4 heteroatoms. The topological polar surface area (TPSA) is 15.3 Å². The summed E-state index contributed by atoms with van der Waals surface area (Å²) < 4.78 is 13.7. The van der Waals surface area contributed by atoms with Gasteiger partial charge in [0.15, 0.2) is 0 Å². The minimum Gasteiger partial charge on any atom is -0.366 e. The Hall–Kier alpha value is -0.800. The molecule has 1 aliphatic rings. The normalized spacial score (nSPS) is 20.3. The quantitative estimate of drug-likeness (QED) is 0.894. The highest BCUT2D eigenvalue weighted by molar-refractivity contribution is 6.33. The molecule has 0 spiro atoms. The van der Waals surface area contributed by atoms with Gasteiger partial charge in [-0.2, -0.15) is 0 Å². The van der Waals surface area contributed by atoms with Crippen molar-refractivity contribution in [2.24, 2.45) is 0 Å². The zero-order chi connectivity index (χ0) is 12.4. The molecule has 1 atom stereocenters. The Balaban J connectivity index is 2.10. The Labute approximate surface area is 107 Å². The lowest BCUT2D eigenvalue weighted by atomic mass is 10.2. The maximum absolute atomic E-state index is 13.7. The molecule has 17 heavy (non-hydrogen) atoms. The number of nitrogens with zero attached hydrogens (tertiary/aromatic N) is 1. The van der Waals surface area contributed by atoms with Crippen molar-refractivity contribution in [2.45, 2.75) is 32.4 Å². The van der Waals surface area contributed by atoms with Gasteiger partial charge in [-0.15, -0.1) is 0 Å². The van der Waals surface area contributed by atoms with Gasteiger partial charge in [0.25, 0.3) is 0 Å². The first-order valence-electron chi connectivity index (χ1n) is 6.03. The van der Waals surface area contributed by atoms with Gasteiger partial charge in [0.05, 0.1) is 10.7 Å². The lowest BCUT2D eigenvalue weighted by Crippen LogP contribution is -2.37. The zero-order valence-electron chi connectivity index (χ0n) is 10.2. The predicted octanol–water partition coefficient (Wildman–Crippen LogP) is 3.06. The molecule has 2 nitrogen and oxygen atoms in total. The molecule has 0 radical (unpaired) electrons. The van der Waals surface area contributed by atoms with Crippen molar-refractivity contribution in [3.05, 3.63) is 29.0 Å². The second-order valence-electron chi connectivity index (χ2n) is 4.82. The van der Waals surface area contributed by atoms with E-state index in [1.165, 1.54) is 6.07 Å². The molecule has 0 aliphatic carbocycles. The summed E-state index contributed by atoms with van der Waals surface area (Å²) >= 11 is 6.06. The highest BCUT2D eigenvalue weighted by Gasteiger charge is 2.26. The van der Waals surface area contributed by atoms with E-state index in [0.29, 0.717) is 22.8 Å². The third-order valence-corrected chi connectivity index (χ3v) is 3.32. The Bertz CT molecular complexity index is 375. The molecule has 94 valence electrons. The summed E-state index contributed by atoms with van der Waals surface area (Å²) in [5.41, 5.74) is 0.544. The van der Waals surface area contributed by atoms with Gasteiger partial charge in [-0.25, -0.2) is 4.39 Å². The van der Waals surface area contributed by atoms with Gasteiger partial charge in [-0.05, 0) is 18.6 Å². The summed E-state index contributed by atoms with van der Waals surface area (Å²) in [5.74, 6) is -0.234. The lowest BCUT2D eigenvalue weighted by Gasteiger charge is -2.21. The Morgan fingerprint density at radius 2 is 2.24 bits per heavy atom. The molecule has 1 fully saturated rings. The second kappa shape index (κ2) is 5.23. The first-order valence-corrected chi connectivity index (χ1v) is 6.40. The molecular formula is C13H18ClFN2. The Morgan fingerprint density at radius 1 is 1.47 bits per heavy atom. The van der Waals surface area contributed by atoms with Gasteiger partial charge in [0.1, 0.15) is 5.82 Å². The highest BCUT2D eigenvalue weighted by atomic mass is 35.5. The second-order valence-corrected chi connectivity index (χ2v) is 5.23. The van der Waals surface area contributed by atoms with E-state index in [4.69, 9.17) is 11.6 Å². The molecule has 1 aromatic carbocycles. The van der Waals surface area contributed by atoms with Gasteiger partial charge in [0, 0.05) is 25.2 Å². The van der Waals surface area contributed by atoms with Crippen LogP contribution in [0.5, 0.6) is 0 Å². The summed E-state index contributed by atoms with van der Waals surface area (Å²) in [6, 6.07) is 5.72. The first kappa shape index (κ1) is 12.7. The SMILES string of the molecule is CC(C)NC1CCN(c2c(F)cccc2Cl)C1. The van der Waals surface area contributed by atoms with Crippen LogP contribution in [0.3, 0.4) is 0 Å². The van der Waals surface area contributed by atoms with E-state index in [0.717, 1.165) is 19.5 Å². The molecule has 1 N–H and O–H groups in total. The van der Waals surface area contributed by atoms with Crippen molar-refractivity contribution in [1.29, 1.82) is 0 Å². The predicted molar refractivity (Wildman–Crippen MR) is 70.3 cm³/mol. The summed E-state index contributed by atoms with van der Waals surface area (Å²) in [6.07, 6.45) is 1.03. The average Bonchev–Trinajstić information content (AvgIpc) is 2.65. The van der Waals surface area contributed by atoms with Gasteiger partial charge >= 0.3 is 0 Å². The number of para-hydroxylation sites is 1. The van der Waals surface area contributed by atoms with Crippen LogP contribution in [0.4, 0.5) is 10.1 Å². The Morgan fingerprint density at radius 3 is 2.88 bits per heavy atom. The van der Waals surface area contributed by atoms with Crippen molar-refractivity contribution in [2.75, 3.05) is 18.0 Å². The number of rotatable bonds is 3. The molecule has 1 saturated heterocycles. The van der Waals surface area contributed by atoms with Crippen LogP contribution in [0.15, 0.2) is 18.2 Å². The third-order valence-electron chi connectivity index (χ3n) is 3.01. The van der Waals surface area contributed by atoms with E-state index in [9.17, 15) is 4.39 Å². The van der Waals surface area contributed by atoms with Gasteiger partial charge in [0.2, 0.25) is 0 Å². The highest BCUT2D eigenvalue weighted by Crippen LogP contribution is 2.31. The van der Waals surface area contributed by atoms with Crippen molar-refractivity contribution >= 4 is 17.3 Å². The van der Waals surface area contributed by atoms with Crippen LogP contribution in [0.2, 0.25) is 5.02 Å². The number of hydrogen-bond donors (Lipinski definition) is 1. The van der Waals surface area contributed by atoms with Crippen LogP contribution >= 0.6 is 11.6 Å². The first-order chi connectivity index (χ1) is 8.08. The van der Waals surface area contributed by atoms with Crippen LogP contribution in [-0.4, -0.2) is 25.2 Å². The van der Waals surface area contributed by atoms with Crippen molar-refractivity contribution < 1.29 is 4.39 Å². The fraction of sp³-hybridized carbons (Fsp3) is 0.538.